The number of nitrogen functional groups attached to an aromatic ring is 1. The van der Waals surface area contributed by atoms with E-state index < -0.39 is 0 Å². The molecule has 1 heterocycles. The van der Waals surface area contributed by atoms with Gasteiger partial charge in [-0.1, -0.05) is 23.9 Å². The fraction of sp³-hybridized carbons (Fsp3) is 0.250. The van der Waals surface area contributed by atoms with Crippen LogP contribution in [-0.4, -0.2) is 17.3 Å². The van der Waals surface area contributed by atoms with Crippen molar-refractivity contribution >= 4 is 28.8 Å². The molecule has 3 nitrogen and oxygen atoms in total. The highest BCUT2D eigenvalue weighted by molar-refractivity contribution is 8.01. The first-order valence-corrected chi connectivity index (χ1v) is 7.14. The quantitative estimate of drug-likeness (QED) is 0.513. The normalized spacial score (nSPS) is 10.4. The Morgan fingerprint density at radius 3 is 2.94 bits per heavy atom. The number of aromatic nitrogens is 1. The maximum atomic E-state index is 5.78. The number of hydrogen-bond donors (Lipinski definition) is 1. The third-order valence-corrected chi connectivity index (χ3v) is 4.19. The van der Waals surface area contributed by atoms with E-state index >= 15 is 0 Å². The average Bonchev–Trinajstić information content (AvgIpc) is 2.73. The molecule has 2 N–H and O–H groups in total. The fourth-order valence-corrected chi connectivity index (χ4v) is 3.03. The van der Waals surface area contributed by atoms with Gasteiger partial charge in [-0.2, -0.15) is 0 Å². The number of para-hydroxylation sites is 2. The van der Waals surface area contributed by atoms with Gasteiger partial charge in [0, 0.05) is 16.8 Å². The van der Waals surface area contributed by atoms with Crippen molar-refractivity contribution in [3.63, 3.8) is 0 Å². The summed E-state index contributed by atoms with van der Waals surface area (Å²) in [5.74, 6) is 1.63. The smallest absolute Gasteiger partial charge is 0.150 e. The van der Waals surface area contributed by atoms with Gasteiger partial charge in [0.2, 0.25) is 0 Å². The Kier molecular flexibility index (Phi) is 4.28. The Morgan fingerprint density at radius 2 is 2.24 bits per heavy atom. The van der Waals surface area contributed by atoms with Gasteiger partial charge in [0.1, 0.15) is 10.1 Å². The number of nitrogens with two attached hydrogens (primary N) is 1. The van der Waals surface area contributed by atoms with E-state index in [2.05, 4.69) is 10.4 Å². The molecule has 0 amide bonds. The van der Waals surface area contributed by atoms with Crippen molar-refractivity contribution < 1.29 is 4.74 Å². The highest BCUT2D eigenvalue weighted by Crippen LogP contribution is 2.23. The molecule has 0 aliphatic heterocycles. The molecule has 17 heavy (non-hydrogen) atoms. The molecule has 2 rings (SSSR count). The Hall–Kier alpha value is -1.20. The highest BCUT2D eigenvalue weighted by Gasteiger charge is 2.01. The van der Waals surface area contributed by atoms with Gasteiger partial charge in [0.05, 0.1) is 12.3 Å². The van der Waals surface area contributed by atoms with Crippen LogP contribution in [0, 0.1) is 6.92 Å². The zero-order valence-electron chi connectivity index (χ0n) is 9.55. The number of rotatable bonds is 5. The standard InChI is InChI=1S/C12H14N2OS2/c1-9-8-17-12(14-9)16-7-6-15-11-5-3-2-4-10(11)13/h2-5,8H,6-7,13H2,1H3. The van der Waals surface area contributed by atoms with E-state index in [1.807, 2.05) is 31.2 Å². The lowest BCUT2D eigenvalue weighted by Crippen LogP contribution is -2.02. The molecule has 0 saturated heterocycles. The van der Waals surface area contributed by atoms with Crippen LogP contribution < -0.4 is 10.5 Å². The molecule has 0 spiro atoms. The van der Waals surface area contributed by atoms with Gasteiger partial charge < -0.3 is 10.5 Å². The number of thiazole rings is 1. The molecule has 90 valence electrons. The van der Waals surface area contributed by atoms with Gasteiger partial charge >= 0.3 is 0 Å². The second-order valence-corrected chi connectivity index (χ2v) is 5.69. The molecule has 0 aliphatic rings. The van der Waals surface area contributed by atoms with E-state index in [-0.39, 0.29) is 0 Å². The first kappa shape index (κ1) is 12.3. The van der Waals surface area contributed by atoms with Gasteiger partial charge in [0.15, 0.2) is 0 Å². The van der Waals surface area contributed by atoms with Crippen molar-refractivity contribution in [2.45, 2.75) is 11.3 Å². The summed E-state index contributed by atoms with van der Waals surface area (Å²) in [5.41, 5.74) is 7.53. The third kappa shape index (κ3) is 3.64. The number of hydrogen-bond acceptors (Lipinski definition) is 5. The molecule has 5 heteroatoms. The summed E-state index contributed by atoms with van der Waals surface area (Å²) in [6, 6.07) is 7.54. The Morgan fingerprint density at radius 1 is 1.41 bits per heavy atom. The Labute approximate surface area is 109 Å². The minimum Gasteiger partial charge on any atom is -0.491 e. The SMILES string of the molecule is Cc1csc(SCCOc2ccccc2N)n1. The molecular formula is C12H14N2OS2. The van der Waals surface area contributed by atoms with Crippen LogP contribution >= 0.6 is 23.1 Å². The van der Waals surface area contributed by atoms with E-state index in [4.69, 9.17) is 10.5 Å². The highest BCUT2D eigenvalue weighted by atomic mass is 32.2. The summed E-state index contributed by atoms with van der Waals surface area (Å²) in [6.45, 7) is 2.64. The van der Waals surface area contributed by atoms with Crippen LogP contribution in [0.3, 0.4) is 0 Å². The monoisotopic (exact) mass is 266 g/mol. The van der Waals surface area contributed by atoms with Crippen LogP contribution in [0.2, 0.25) is 0 Å². The van der Waals surface area contributed by atoms with Gasteiger partial charge in [-0.25, -0.2) is 4.98 Å². The molecule has 0 atom stereocenters. The lowest BCUT2D eigenvalue weighted by atomic mass is 10.3. The summed E-state index contributed by atoms with van der Waals surface area (Å²) in [7, 11) is 0. The fourth-order valence-electron chi connectivity index (χ4n) is 1.29. The predicted molar refractivity (Wildman–Crippen MR) is 73.9 cm³/mol. The van der Waals surface area contributed by atoms with E-state index in [0.29, 0.717) is 12.3 Å². The van der Waals surface area contributed by atoms with Crippen molar-refractivity contribution in [3.8, 4) is 5.75 Å². The topological polar surface area (TPSA) is 48.1 Å². The summed E-state index contributed by atoms with van der Waals surface area (Å²) >= 11 is 3.38. The van der Waals surface area contributed by atoms with Crippen LogP contribution in [0.1, 0.15) is 5.69 Å². The van der Waals surface area contributed by atoms with Crippen LogP contribution in [0.4, 0.5) is 5.69 Å². The Bertz CT molecular complexity index is 485. The Balaban J connectivity index is 1.75. The zero-order chi connectivity index (χ0) is 12.1. The number of thioether (sulfide) groups is 1. The second kappa shape index (κ2) is 5.93. The van der Waals surface area contributed by atoms with Crippen LogP contribution in [0.5, 0.6) is 5.75 Å². The summed E-state index contributed by atoms with van der Waals surface area (Å²) in [6.07, 6.45) is 0. The van der Waals surface area contributed by atoms with Crippen molar-refractivity contribution in [2.24, 2.45) is 0 Å². The molecule has 0 saturated carbocycles. The number of aryl methyl sites for hydroxylation is 1. The summed E-state index contributed by atoms with van der Waals surface area (Å²) in [5, 5.41) is 2.05. The number of ether oxygens (including phenoxy) is 1. The van der Waals surface area contributed by atoms with Crippen molar-refractivity contribution in [3.05, 3.63) is 35.3 Å². The lowest BCUT2D eigenvalue weighted by Gasteiger charge is -2.07. The van der Waals surface area contributed by atoms with Gasteiger partial charge in [-0.05, 0) is 19.1 Å². The summed E-state index contributed by atoms with van der Waals surface area (Å²) in [4.78, 5) is 4.37. The molecule has 2 aromatic rings. The molecule has 1 aromatic carbocycles. The minimum absolute atomic E-state index is 0.636. The van der Waals surface area contributed by atoms with Gasteiger partial charge in [-0.15, -0.1) is 11.3 Å². The predicted octanol–water partition coefficient (Wildman–Crippen LogP) is 3.20. The maximum absolute atomic E-state index is 5.78. The van der Waals surface area contributed by atoms with E-state index in [9.17, 15) is 0 Å². The third-order valence-electron chi connectivity index (χ3n) is 2.08. The van der Waals surface area contributed by atoms with Crippen LogP contribution in [-0.2, 0) is 0 Å². The minimum atomic E-state index is 0.636. The molecule has 0 fully saturated rings. The molecule has 0 bridgehead atoms. The van der Waals surface area contributed by atoms with Crippen molar-refractivity contribution in [1.29, 1.82) is 0 Å². The first-order valence-electron chi connectivity index (χ1n) is 5.28. The van der Waals surface area contributed by atoms with Gasteiger partial charge in [-0.3, -0.25) is 0 Å². The number of nitrogens with zero attached hydrogens (tertiary/aromatic N) is 1. The molecule has 0 aliphatic carbocycles. The average molecular weight is 266 g/mol. The van der Waals surface area contributed by atoms with E-state index in [0.717, 1.165) is 21.5 Å². The van der Waals surface area contributed by atoms with Crippen LogP contribution in [0.15, 0.2) is 34.0 Å². The molecule has 0 unspecified atom stereocenters. The van der Waals surface area contributed by atoms with E-state index in [1.165, 1.54) is 0 Å². The molecular weight excluding hydrogens is 252 g/mol. The zero-order valence-corrected chi connectivity index (χ0v) is 11.2. The van der Waals surface area contributed by atoms with E-state index in [1.54, 1.807) is 23.1 Å². The number of anilines is 1. The van der Waals surface area contributed by atoms with Crippen LogP contribution in [0.25, 0.3) is 0 Å². The lowest BCUT2D eigenvalue weighted by molar-refractivity contribution is 0.346. The molecule has 0 radical (unpaired) electrons. The molecule has 1 aromatic heterocycles. The number of benzene rings is 1. The maximum Gasteiger partial charge on any atom is 0.150 e. The van der Waals surface area contributed by atoms with Crippen molar-refractivity contribution in [1.82, 2.24) is 4.98 Å². The second-order valence-electron chi connectivity index (χ2n) is 3.49. The first-order chi connectivity index (χ1) is 8.25. The van der Waals surface area contributed by atoms with Crippen molar-refractivity contribution in [2.75, 3.05) is 18.1 Å². The largest absolute Gasteiger partial charge is 0.491 e. The summed E-state index contributed by atoms with van der Waals surface area (Å²) < 4.78 is 6.69. The van der Waals surface area contributed by atoms with Gasteiger partial charge in [0.25, 0.3) is 0 Å².